The van der Waals surface area contributed by atoms with Gasteiger partial charge in [0.05, 0.1) is 0 Å². The number of hydrogen-bond donors (Lipinski definition) is 0. The second-order valence-electron chi connectivity index (χ2n) is 6.71. The summed E-state index contributed by atoms with van der Waals surface area (Å²) in [6.07, 6.45) is 13.7. The van der Waals surface area contributed by atoms with Gasteiger partial charge in [0.2, 0.25) is 0 Å². The zero-order valence-corrected chi connectivity index (χ0v) is 15.7. The first-order chi connectivity index (χ1) is 10.7. The minimum Gasteiger partial charge on any atom is -0.349 e. The van der Waals surface area contributed by atoms with Crippen LogP contribution in [0.15, 0.2) is 23.5 Å². The van der Waals surface area contributed by atoms with E-state index in [2.05, 4.69) is 56.7 Å². The molecule has 0 aromatic rings. The summed E-state index contributed by atoms with van der Waals surface area (Å²) in [5.41, 5.74) is 3.01. The molecule has 0 atom stereocenters. The summed E-state index contributed by atoms with van der Waals surface area (Å²) in [6, 6.07) is 0.776. The van der Waals surface area contributed by atoms with Gasteiger partial charge in [-0.1, -0.05) is 58.6 Å². The fraction of sp³-hybridized carbons (Fsp3) is 0.800. The summed E-state index contributed by atoms with van der Waals surface area (Å²) in [7, 11) is 0. The van der Waals surface area contributed by atoms with E-state index in [0.29, 0.717) is 0 Å². The van der Waals surface area contributed by atoms with Gasteiger partial charge in [0, 0.05) is 37.6 Å². The Balaban J connectivity index is 2.81. The molecule has 0 bridgehead atoms. The van der Waals surface area contributed by atoms with Crippen molar-refractivity contribution in [3.63, 3.8) is 0 Å². The van der Waals surface area contributed by atoms with Crippen molar-refractivity contribution < 1.29 is 0 Å². The van der Waals surface area contributed by atoms with Crippen molar-refractivity contribution in [3.05, 3.63) is 23.5 Å². The third-order valence-corrected chi connectivity index (χ3v) is 4.72. The first-order valence-electron chi connectivity index (χ1n) is 9.53. The molecule has 0 N–H and O–H groups in total. The van der Waals surface area contributed by atoms with E-state index in [-0.39, 0.29) is 0 Å². The second-order valence-corrected chi connectivity index (χ2v) is 6.71. The van der Waals surface area contributed by atoms with Crippen LogP contribution in [-0.2, 0) is 0 Å². The predicted octanol–water partition coefficient (Wildman–Crippen LogP) is 5.57. The Morgan fingerprint density at radius 2 is 1.73 bits per heavy atom. The average molecular weight is 307 g/mol. The predicted molar refractivity (Wildman–Crippen MR) is 98.9 cm³/mol. The van der Waals surface area contributed by atoms with Crippen LogP contribution in [0.4, 0.5) is 0 Å². The van der Waals surface area contributed by atoms with Crippen molar-refractivity contribution in [1.29, 1.82) is 0 Å². The molecule has 128 valence electrons. The highest BCUT2D eigenvalue weighted by Gasteiger charge is 2.24. The molecule has 0 aliphatic carbocycles. The molecule has 0 spiro atoms. The summed E-state index contributed by atoms with van der Waals surface area (Å²) in [5, 5.41) is 0. The van der Waals surface area contributed by atoms with Crippen molar-refractivity contribution in [2.75, 3.05) is 19.6 Å². The Morgan fingerprint density at radius 3 is 2.27 bits per heavy atom. The Hall–Kier alpha value is -0.760. The molecule has 22 heavy (non-hydrogen) atoms. The van der Waals surface area contributed by atoms with Crippen LogP contribution < -0.4 is 0 Å². The lowest BCUT2D eigenvalue weighted by Gasteiger charge is -2.41. The highest BCUT2D eigenvalue weighted by molar-refractivity contribution is 5.13. The summed E-state index contributed by atoms with van der Waals surface area (Å²) < 4.78 is 0. The Labute approximate surface area is 139 Å². The highest BCUT2D eigenvalue weighted by Crippen LogP contribution is 2.22. The van der Waals surface area contributed by atoms with E-state index in [1.165, 1.54) is 56.3 Å². The normalized spacial score (nSPS) is 19.5. The molecule has 0 aromatic carbocycles. The maximum Gasteiger partial charge on any atom is 0.0387 e. The summed E-state index contributed by atoms with van der Waals surface area (Å²) >= 11 is 0. The largest absolute Gasteiger partial charge is 0.349 e. The summed E-state index contributed by atoms with van der Waals surface area (Å²) in [4.78, 5) is 5.25. The monoisotopic (exact) mass is 306 g/mol. The van der Waals surface area contributed by atoms with Gasteiger partial charge in [-0.2, -0.15) is 0 Å². The van der Waals surface area contributed by atoms with Crippen LogP contribution in [0.25, 0.3) is 0 Å². The molecule has 0 aromatic heterocycles. The lowest BCUT2D eigenvalue weighted by Crippen LogP contribution is -2.47. The van der Waals surface area contributed by atoms with Gasteiger partial charge < -0.3 is 4.90 Å². The molecule has 1 heterocycles. The lowest BCUT2D eigenvalue weighted by atomic mass is 10.0. The topological polar surface area (TPSA) is 6.48 Å². The second kappa shape index (κ2) is 10.9. The number of hydrogen-bond acceptors (Lipinski definition) is 2. The van der Waals surface area contributed by atoms with Crippen LogP contribution in [0.1, 0.15) is 79.6 Å². The van der Waals surface area contributed by atoms with Gasteiger partial charge in [-0.15, -0.1) is 0 Å². The first-order valence-corrected chi connectivity index (χ1v) is 9.53. The van der Waals surface area contributed by atoms with Gasteiger partial charge in [-0.05, 0) is 32.6 Å². The summed E-state index contributed by atoms with van der Waals surface area (Å²) in [6.45, 7) is 14.9. The van der Waals surface area contributed by atoms with Gasteiger partial charge in [-0.3, -0.25) is 4.90 Å². The number of nitrogens with zero attached hydrogens (tertiary/aromatic N) is 2. The van der Waals surface area contributed by atoms with E-state index in [9.17, 15) is 0 Å². The number of unbranched alkanes of at least 4 members (excludes halogenated alkanes) is 1. The smallest absolute Gasteiger partial charge is 0.0387 e. The molecule has 1 saturated heterocycles. The fourth-order valence-electron chi connectivity index (χ4n) is 3.24. The molecule has 0 radical (unpaired) electrons. The van der Waals surface area contributed by atoms with E-state index >= 15 is 0 Å². The standard InChI is InChI=1S/C20H38N2/c1-6-10-13-20-17-22(19(11-7-2)12-8-3)15-14-21(20)16-18(5)9-4/h13,16,19H,6-12,14-15,17H2,1-5H3/b18-16+,20-13+. The van der Waals surface area contributed by atoms with Crippen molar-refractivity contribution in [1.82, 2.24) is 9.80 Å². The van der Waals surface area contributed by atoms with E-state index in [0.717, 1.165) is 25.6 Å². The van der Waals surface area contributed by atoms with E-state index in [1.54, 1.807) is 0 Å². The molecule has 0 saturated carbocycles. The Morgan fingerprint density at radius 1 is 1.05 bits per heavy atom. The summed E-state index contributed by atoms with van der Waals surface area (Å²) in [5.74, 6) is 0. The lowest BCUT2D eigenvalue weighted by molar-refractivity contribution is 0.138. The van der Waals surface area contributed by atoms with Crippen LogP contribution in [-0.4, -0.2) is 35.5 Å². The SMILES string of the molecule is CCC/C=C1\CN(C(CCC)CCC)CCN1/C=C(\C)CC. The third kappa shape index (κ3) is 6.16. The van der Waals surface area contributed by atoms with Crippen molar-refractivity contribution >= 4 is 0 Å². The van der Waals surface area contributed by atoms with Gasteiger partial charge in [0.1, 0.15) is 0 Å². The molecule has 1 rings (SSSR count). The van der Waals surface area contributed by atoms with Crippen molar-refractivity contribution in [2.45, 2.75) is 85.6 Å². The molecule has 1 aliphatic heterocycles. The molecule has 1 aliphatic rings. The zero-order valence-electron chi connectivity index (χ0n) is 15.7. The minimum atomic E-state index is 0.776. The molecule has 0 amide bonds. The van der Waals surface area contributed by atoms with Gasteiger partial charge in [0.15, 0.2) is 0 Å². The Bertz CT molecular complexity index is 351. The maximum absolute atomic E-state index is 2.74. The first kappa shape index (κ1) is 19.3. The molecular formula is C20H38N2. The Kier molecular flexibility index (Phi) is 9.54. The van der Waals surface area contributed by atoms with Crippen molar-refractivity contribution in [2.24, 2.45) is 0 Å². The average Bonchev–Trinajstić information content (AvgIpc) is 2.53. The van der Waals surface area contributed by atoms with Crippen LogP contribution in [0.5, 0.6) is 0 Å². The molecule has 1 fully saturated rings. The molecule has 0 unspecified atom stereocenters. The molecule has 2 nitrogen and oxygen atoms in total. The van der Waals surface area contributed by atoms with E-state index < -0.39 is 0 Å². The third-order valence-electron chi connectivity index (χ3n) is 4.72. The van der Waals surface area contributed by atoms with Crippen LogP contribution in [0.2, 0.25) is 0 Å². The maximum atomic E-state index is 2.74. The van der Waals surface area contributed by atoms with E-state index in [1.807, 2.05) is 0 Å². The molecule has 2 heteroatoms. The number of rotatable bonds is 9. The zero-order chi connectivity index (χ0) is 16.4. The quantitative estimate of drug-likeness (QED) is 0.549. The van der Waals surface area contributed by atoms with Gasteiger partial charge >= 0.3 is 0 Å². The van der Waals surface area contributed by atoms with Gasteiger partial charge in [0.25, 0.3) is 0 Å². The minimum absolute atomic E-state index is 0.776. The van der Waals surface area contributed by atoms with Crippen LogP contribution >= 0.6 is 0 Å². The number of piperazine rings is 1. The van der Waals surface area contributed by atoms with Gasteiger partial charge in [-0.25, -0.2) is 0 Å². The highest BCUT2D eigenvalue weighted by atomic mass is 15.3. The van der Waals surface area contributed by atoms with Crippen LogP contribution in [0, 0.1) is 0 Å². The number of allylic oxidation sites excluding steroid dienone is 2. The van der Waals surface area contributed by atoms with Crippen LogP contribution in [0.3, 0.4) is 0 Å². The fourth-order valence-corrected chi connectivity index (χ4v) is 3.24. The van der Waals surface area contributed by atoms with E-state index in [4.69, 9.17) is 0 Å². The molecular weight excluding hydrogens is 268 g/mol. The van der Waals surface area contributed by atoms with Crippen molar-refractivity contribution in [3.8, 4) is 0 Å².